The molecule has 0 fully saturated rings. The molecule has 6 heteroatoms. The number of benzene rings is 4. The normalized spacial score (nSPS) is 12.3. The number of unbranched alkanes of at least 4 members (excludes halogenated alkanes) is 2. The number of hydrogen-bond acceptors (Lipinski definition) is 4. The lowest BCUT2D eigenvalue weighted by atomic mass is 10.1. The molecule has 1 heterocycles. The highest BCUT2D eigenvalue weighted by Crippen LogP contribution is 2.35. The van der Waals surface area contributed by atoms with Crippen LogP contribution in [0.15, 0.2) is 91.0 Å². The number of amides is 1. The van der Waals surface area contributed by atoms with E-state index in [1.54, 1.807) is 12.1 Å². The first kappa shape index (κ1) is 24.8. The van der Waals surface area contributed by atoms with Gasteiger partial charge in [-0.2, -0.15) is 0 Å². The SMILES string of the molecule is O=C(NC(=S)N1CCc2c(OCCCCCOc3cccc4ccccc34)cccc21)c1ccccc1. The van der Waals surface area contributed by atoms with E-state index >= 15 is 0 Å². The first-order valence-electron chi connectivity index (χ1n) is 12.7. The fourth-order valence-electron chi connectivity index (χ4n) is 4.64. The van der Waals surface area contributed by atoms with Crippen molar-refractivity contribution in [1.82, 2.24) is 5.32 Å². The molecule has 5 rings (SSSR count). The maximum Gasteiger partial charge on any atom is 0.257 e. The Morgan fingerprint density at radius 2 is 1.46 bits per heavy atom. The quantitative estimate of drug-likeness (QED) is 0.205. The van der Waals surface area contributed by atoms with E-state index in [9.17, 15) is 4.79 Å². The molecule has 0 spiro atoms. The molecular weight excluding hydrogens is 480 g/mol. The predicted octanol–water partition coefficient (Wildman–Crippen LogP) is 6.55. The zero-order chi connectivity index (χ0) is 25.5. The first-order valence-corrected chi connectivity index (χ1v) is 13.1. The highest BCUT2D eigenvalue weighted by Gasteiger charge is 2.26. The van der Waals surface area contributed by atoms with Crippen molar-refractivity contribution in [2.24, 2.45) is 0 Å². The maximum absolute atomic E-state index is 12.5. The predicted molar refractivity (Wildman–Crippen MR) is 153 cm³/mol. The fraction of sp³-hybridized carbons (Fsp3) is 0.226. The third-order valence-corrected chi connectivity index (χ3v) is 6.86. The number of carbonyl (C=O) groups excluding carboxylic acids is 1. The van der Waals surface area contributed by atoms with Crippen molar-refractivity contribution in [3.63, 3.8) is 0 Å². The molecule has 0 atom stereocenters. The molecule has 0 aliphatic carbocycles. The van der Waals surface area contributed by atoms with E-state index in [0.717, 1.165) is 60.4 Å². The van der Waals surface area contributed by atoms with Crippen LogP contribution in [-0.4, -0.2) is 30.8 Å². The molecule has 1 aliphatic rings. The summed E-state index contributed by atoms with van der Waals surface area (Å²) in [6.45, 7) is 2.06. The average Bonchev–Trinajstić information content (AvgIpc) is 3.38. The Morgan fingerprint density at radius 1 is 0.784 bits per heavy atom. The standard InChI is InChI=1S/C31H30N2O3S/c34-30(24-12-3-1-4-13-24)32-31(37)33-20-19-26-27(33)16-10-18-29(26)36-22-8-2-7-21-35-28-17-9-14-23-11-5-6-15-25(23)28/h1,3-6,9-18H,2,7-8,19-22H2,(H,32,34,37). The molecule has 0 saturated heterocycles. The third kappa shape index (κ3) is 5.92. The van der Waals surface area contributed by atoms with E-state index < -0.39 is 0 Å². The number of carbonyl (C=O) groups is 1. The second kappa shape index (κ2) is 11.9. The molecular formula is C31H30N2O3S. The monoisotopic (exact) mass is 510 g/mol. The number of rotatable bonds is 9. The number of fused-ring (bicyclic) bond motifs is 2. The van der Waals surface area contributed by atoms with Crippen LogP contribution >= 0.6 is 12.2 Å². The molecule has 4 aromatic rings. The summed E-state index contributed by atoms with van der Waals surface area (Å²) >= 11 is 5.56. The number of anilines is 1. The third-order valence-electron chi connectivity index (χ3n) is 6.54. The summed E-state index contributed by atoms with van der Waals surface area (Å²) in [5, 5.41) is 5.62. The molecule has 4 aromatic carbocycles. The summed E-state index contributed by atoms with van der Waals surface area (Å²) in [5.41, 5.74) is 2.72. The van der Waals surface area contributed by atoms with Crippen molar-refractivity contribution in [3.05, 3.63) is 102 Å². The van der Waals surface area contributed by atoms with Gasteiger partial charge < -0.3 is 14.4 Å². The summed E-state index contributed by atoms with van der Waals surface area (Å²) in [6, 6.07) is 29.6. The minimum absolute atomic E-state index is 0.198. The lowest BCUT2D eigenvalue weighted by molar-refractivity contribution is 0.0977. The van der Waals surface area contributed by atoms with Crippen molar-refractivity contribution in [2.75, 3.05) is 24.7 Å². The van der Waals surface area contributed by atoms with Crippen LogP contribution in [0.25, 0.3) is 10.8 Å². The first-order chi connectivity index (χ1) is 18.2. The number of thiocarbonyl (C=S) groups is 1. The molecule has 37 heavy (non-hydrogen) atoms. The summed E-state index contributed by atoms with van der Waals surface area (Å²) in [4.78, 5) is 14.5. The Labute approximate surface area is 223 Å². The van der Waals surface area contributed by atoms with Crippen LogP contribution in [0, 0.1) is 0 Å². The maximum atomic E-state index is 12.5. The summed E-state index contributed by atoms with van der Waals surface area (Å²) < 4.78 is 12.2. The summed E-state index contributed by atoms with van der Waals surface area (Å²) in [5.74, 6) is 1.64. The van der Waals surface area contributed by atoms with E-state index in [1.807, 2.05) is 65.6 Å². The fourth-order valence-corrected chi connectivity index (χ4v) is 4.92. The van der Waals surface area contributed by atoms with Crippen LogP contribution in [-0.2, 0) is 6.42 Å². The number of ether oxygens (including phenoxy) is 2. The number of nitrogens with zero attached hydrogens (tertiary/aromatic N) is 1. The smallest absolute Gasteiger partial charge is 0.257 e. The minimum atomic E-state index is -0.198. The van der Waals surface area contributed by atoms with Gasteiger partial charge in [-0.3, -0.25) is 10.1 Å². The Morgan fingerprint density at radius 3 is 2.30 bits per heavy atom. The van der Waals surface area contributed by atoms with E-state index in [-0.39, 0.29) is 5.91 Å². The highest BCUT2D eigenvalue weighted by molar-refractivity contribution is 7.80. The molecule has 1 amide bonds. The minimum Gasteiger partial charge on any atom is -0.493 e. The molecule has 0 unspecified atom stereocenters. The Kier molecular flexibility index (Phi) is 7.96. The van der Waals surface area contributed by atoms with Crippen LogP contribution in [0.4, 0.5) is 5.69 Å². The van der Waals surface area contributed by atoms with Gasteiger partial charge in [0, 0.05) is 23.1 Å². The van der Waals surface area contributed by atoms with Gasteiger partial charge in [0.25, 0.3) is 5.91 Å². The molecule has 1 N–H and O–H groups in total. The van der Waals surface area contributed by atoms with Crippen LogP contribution in [0.2, 0.25) is 0 Å². The van der Waals surface area contributed by atoms with Crippen molar-refractivity contribution in [3.8, 4) is 11.5 Å². The van der Waals surface area contributed by atoms with Gasteiger partial charge in [-0.25, -0.2) is 0 Å². The lowest BCUT2D eigenvalue weighted by Gasteiger charge is -2.21. The van der Waals surface area contributed by atoms with Gasteiger partial charge in [0.2, 0.25) is 0 Å². The molecule has 0 saturated carbocycles. The number of nitrogens with one attached hydrogen (secondary N) is 1. The van der Waals surface area contributed by atoms with Crippen LogP contribution in [0.3, 0.4) is 0 Å². The van der Waals surface area contributed by atoms with Crippen LogP contribution in [0.5, 0.6) is 11.5 Å². The molecule has 0 radical (unpaired) electrons. The van der Waals surface area contributed by atoms with Crippen LogP contribution < -0.4 is 19.7 Å². The average molecular weight is 511 g/mol. The van der Waals surface area contributed by atoms with Crippen molar-refractivity contribution in [1.29, 1.82) is 0 Å². The van der Waals surface area contributed by atoms with Gasteiger partial charge in [0.05, 0.1) is 18.9 Å². The Bertz CT molecular complexity index is 1380. The largest absolute Gasteiger partial charge is 0.493 e. The molecule has 0 bridgehead atoms. The van der Waals surface area contributed by atoms with Gasteiger partial charge in [0.1, 0.15) is 11.5 Å². The Balaban J connectivity index is 1.08. The van der Waals surface area contributed by atoms with Crippen molar-refractivity contribution in [2.45, 2.75) is 25.7 Å². The molecule has 5 nitrogen and oxygen atoms in total. The zero-order valence-corrected chi connectivity index (χ0v) is 21.5. The van der Waals surface area contributed by atoms with Crippen molar-refractivity contribution < 1.29 is 14.3 Å². The second-order valence-corrected chi connectivity index (χ2v) is 9.40. The molecule has 188 valence electrons. The van der Waals surface area contributed by atoms with E-state index in [4.69, 9.17) is 21.7 Å². The van der Waals surface area contributed by atoms with Gasteiger partial charge in [0.15, 0.2) is 5.11 Å². The topological polar surface area (TPSA) is 50.8 Å². The highest BCUT2D eigenvalue weighted by atomic mass is 32.1. The van der Waals surface area contributed by atoms with Crippen molar-refractivity contribution >= 4 is 39.7 Å². The molecule has 0 aromatic heterocycles. The van der Waals surface area contributed by atoms with E-state index in [1.165, 1.54) is 5.39 Å². The van der Waals surface area contributed by atoms with Gasteiger partial charge >= 0.3 is 0 Å². The second-order valence-electron chi connectivity index (χ2n) is 9.02. The molecule has 1 aliphatic heterocycles. The zero-order valence-electron chi connectivity index (χ0n) is 20.7. The van der Waals surface area contributed by atoms with E-state index in [2.05, 4.69) is 23.5 Å². The van der Waals surface area contributed by atoms with Gasteiger partial charge in [-0.15, -0.1) is 0 Å². The van der Waals surface area contributed by atoms with Gasteiger partial charge in [-0.05, 0) is 73.6 Å². The Hall–Kier alpha value is -3.90. The van der Waals surface area contributed by atoms with Gasteiger partial charge in [-0.1, -0.05) is 60.7 Å². The summed E-state index contributed by atoms with van der Waals surface area (Å²) in [6.07, 6.45) is 3.79. The lowest BCUT2D eigenvalue weighted by Crippen LogP contribution is -2.41. The van der Waals surface area contributed by atoms with Crippen LogP contribution in [0.1, 0.15) is 35.2 Å². The number of hydrogen-bond donors (Lipinski definition) is 1. The van der Waals surface area contributed by atoms with E-state index in [0.29, 0.717) is 23.9 Å². The summed E-state index contributed by atoms with van der Waals surface area (Å²) in [7, 11) is 0.